The van der Waals surface area contributed by atoms with E-state index in [2.05, 4.69) is 49.0 Å². The van der Waals surface area contributed by atoms with Crippen LogP contribution in [0.4, 0.5) is 0 Å². The highest BCUT2D eigenvalue weighted by atomic mass is 127. The lowest BCUT2D eigenvalue weighted by Gasteiger charge is -1.80. The summed E-state index contributed by atoms with van der Waals surface area (Å²) < 4.78 is 4.18. The van der Waals surface area contributed by atoms with Crippen molar-refractivity contribution in [1.82, 2.24) is 3.53 Å². The second-order valence-electron chi connectivity index (χ2n) is 0.573. The van der Waals surface area contributed by atoms with Crippen LogP contribution in [-0.2, 0) is 0 Å². The van der Waals surface area contributed by atoms with Crippen molar-refractivity contribution in [1.29, 1.82) is 0 Å². The lowest BCUT2D eigenvalue weighted by Crippen LogP contribution is -1.98. The SMILES string of the molecule is ICCNI. The van der Waals surface area contributed by atoms with Crippen LogP contribution in [0.15, 0.2) is 0 Å². The van der Waals surface area contributed by atoms with Gasteiger partial charge in [0.15, 0.2) is 0 Å². The summed E-state index contributed by atoms with van der Waals surface area (Å²) in [5.41, 5.74) is 0. The van der Waals surface area contributed by atoms with Crippen molar-refractivity contribution < 1.29 is 0 Å². The third-order valence-corrected chi connectivity index (χ3v) is 1.27. The van der Waals surface area contributed by atoms with E-state index in [-0.39, 0.29) is 0 Å². The Morgan fingerprint density at radius 2 is 2.20 bits per heavy atom. The molecule has 0 atom stereocenters. The predicted octanol–water partition coefficient (Wildman–Crippen LogP) is 1.36. The van der Waals surface area contributed by atoms with Crippen molar-refractivity contribution in [3.8, 4) is 0 Å². The molecule has 0 unspecified atom stereocenters. The van der Waals surface area contributed by atoms with Crippen LogP contribution in [0.2, 0.25) is 0 Å². The highest BCUT2D eigenvalue weighted by Gasteiger charge is 1.68. The number of hydrogen-bond donors (Lipinski definition) is 1. The maximum atomic E-state index is 2.98. The molecule has 0 saturated carbocycles. The van der Waals surface area contributed by atoms with E-state index < -0.39 is 0 Å². The van der Waals surface area contributed by atoms with Crippen LogP contribution >= 0.6 is 45.5 Å². The fourth-order valence-electron chi connectivity index (χ4n) is 0.0357. The van der Waals surface area contributed by atoms with Crippen molar-refractivity contribution in [2.24, 2.45) is 0 Å². The van der Waals surface area contributed by atoms with E-state index in [0.29, 0.717) is 0 Å². The average Bonchev–Trinajstić information content (AvgIpc) is 1.41. The van der Waals surface area contributed by atoms with E-state index in [9.17, 15) is 0 Å². The van der Waals surface area contributed by atoms with Gasteiger partial charge in [0.25, 0.3) is 0 Å². The molecule has 0 aliphatic carbocycles. The zero-order chi connectivity index (χ0) is 4.12. The molecule has 1 nitrogen and oxygen atoms in total. The monoisotopic (exact) mass is 297 g/mol. The molecular weight excluding hydrogens is 292 g/mol. The minimum atomic E-state index is 1.11. The molecule has 0 spiro atoms. The van der Waals surface area contributed by atoms with E-state index in [1.807, 2.05) is 0 Å². The van der Waals surface area contributed by atoms with Crippen LogP contribution in [0, 0.1) is 0 Å². The second kappa shape index (κ2) is 5.42. The number of nitrogens with one attached hydrogen (secondary N) is 1. The van der Waals surface area contributed by atoms with Crippen molar-refractivity contribution in [2.45, 2.75) is 0 Å². The van der Waals surface area contributed by atoms with Crippen molar-refractivity contribution in [2.75, 3.05) is 11.0 Å². The van der Waals surface area contributed by atoms with Crippen molar-refractivity contribution in [3.05, 3.63) is 0 Å². The van der Waals surface area contributed by atoms with Crippen molar-refractivity contribution in [3.63, 3.8) is 0 Å². The Morgan fingerprint density at radius 3 is 2.20 bits per heavy atom. The summed E-state index contributed by atoms with van der Waals surface area (Å²) in [7, 11) is 0. The van der Waals surface area contributed by atoms with Crippen LogP contribution in [0.3, 0.4) is 0 Å². The van der Waals surface area contributed by atoms with Gasteiger partial charge in [-0.25, -0.2) is 0 Å². The number of rotatable bonds is 2. The summed E-state index contributed by atoms with van der Waals surface area (Å²) in [6.45, 7) is 1.11. The van der Waals surface area contributed by atoms with Crippen LogP contribution in [0.25, 0.3) is 0 Å². The molecule has 0 heterocycles. The predicted molar refractivity (Wildman–Crippen MR) is 40.9 cm³/mol. The quantitative estimate of drug-likeness (QED) is 0.461. The first kappa shape index (κ1) is 6.42. The smallest absolute Gasteiger partial charge is 0.0169 e. The molecule has 0 fully saturated rings. The van der Waals surface area contributed by atoms with Gasteiger partial charge in [-0.2, -0.15) is 0 Å². The molecule has 0 aliphatic rings. The van der Waals surface area contributed by atoms with E-state index in [0.717, 1.165) is 6.54 Å². The van der Waals surface area contributed by atoms with Gasteiger partial charge in [-0.1, -0.05) is 22.6 Å². The largest absolute Gasteiger partial charge is 0.260 e. The van der Waals surface area contributed by atoms with Crippen LogP contribution < -0.4 is 3.53 Å². The molecule has 0 amide bonds. The van der Waals surface area contributed by atoms with Gasteiger partial charge < -0.3 is 0 Å². The minimum absolute atomic E-state index is 1.11. The number of alkyl halides is 1. The van der Waals surface area contributed by atoms with Gasteiger partial charge in [-0.3, -0.25) is 3.53 Å². The van der Waals surface area contributed by atoms with Crippen LogP contribution in [-0.4, -0.2) is 11.0 Å². The molecule has 0 aromatic carbocycles. The summed E-state index contributed by atoms with van der Waals surface area (Å²) in [6, 6.07) is 0. The molecule has 0 radical (unpaired) electrons. The lowest BCUT2D eigenvalue weighted by molar-refractivity contribution is 1.11. The summed E-state index contributed by atoms with van der Waals surface area (Å²) in [4.78, 5) is 0. The van der Waals surface area contributed by atoms with Crippen LogP contribution in [0.5, 0.6) is 0 Å². The molecule has 5 heavy (non-hydrogen) atoms. The molecule has 0 bridgehead atoms. The van der Waals surface area contributed by atoms with Crippen LogP contribution in [0.1, 0.15) is 0 Å². The second-order valence-corrected chi connectivity index (χ2v) is 2.41. The summed E-state index contributed by atoms with van der Waals surface area (Å²) >= 11 is 4.45. The fourth-order valence-corrected chi connectivity index (χ4v) is 1.61. The summed E-state index contributed by atoms with van der Waals surface area (Å²) in [5, 5.41) is 0. The third kappa shape index (κ3) is 5.42. The van der Waals surface area contributed by atoms with E-state index in [4.69, 9.17) is 0 Å². The summed E-state index contributed by atoms with van der Waals surface area (Å²) in [6.07, 6.45) is 0. The molecule has 32 valence electrons. The summed E-state index contributed by atoms with van der Waals surface area (Å²) in [5.74, 6) is 0. The van der Waals surface area contributed by atoms with Gasteiger partial charge in [0.1, 0.15) is 0 Å². The van der Waals surface area contributed by atoms with Gasteiger partial charge in [0.05, 0.1) is 0 Å². The third-order valence-electron chi connectivity index (χ3n) is 0.189. The minimum Gasteiger partial charge on any atom is -0.260 e. The molecule has 0 rings (SSSR count). The van der Waals surface area contributed by atoms with Gasteiger partial charge in [-0.15, -0.1) is 0 Å². The fraction of sp³-hybridized carbons (Fsp3) is 1.00. The normalized spacial score (nSPS) is 8.40. The van der Waals surface area contributed by atoms with Gasteiger partial charge in [0.2, 0.25) is 0 Å². The molecule has 0 aliphatic heterocycles. The van der Waals surface area contributed by atoms with Gasteiger partial charge in [0, 0.05) is 33.8 Å². The molecule has 1 N–H and O–H groups in total. The molecule has 0 aromatic rings. The Hall–Kier alpha value is 1.42. The average molecular weight is 297 g/mol. The van der Waals surface area contributed by atoms with E-state index in [1.54, 1.807) is 0 Å². The lowest BCUT2D eigenvalue weighted by atomic mass is 10.8. The molecule has 3 heteroatoms. The Labute approximate surface area is 59.5 Å². The van der Waals surface area contributed by atoms with Gasteiger partial charge in [-0.05, 0) is 0 Å². The Bertz CT molecular complexity index is 15.1. The van der Waals surface area contributed by atoms with E-state index in [1.165, 1.54) is 4.43 Å². The maximum Gasteiger partial charge on any atom is 0.0169 e. The Morgan fingerprint density at radius 1 is 1.60 bits per heavy atom. The van der Waals surface area contributed by atoms with Gasteiger partial charge >= 0.3 is 0 Å². The highest BCUT2D eigenvalue weighted by molar-refractivity contribution is 14.1. The first-order chi connectivity index (χ1) is 2.41. The Kier molecular flexibility index (Phi) is 6.96. The standard InChI is InChI=1S/C2H5I2N/c3-1-2-5-4/h5H,1-2H2. The molecule has 0 saturated heterocycles. The topological polar surface area (TPSA) is 12.0 Å². The van der Waals surface area contributed by atoms with E-state index >= 15 is 0 Å². The number of halogens is 2. The Balaban J connectivity index is 2.19. The molecule has 0 aromatic heterocycles. The highest BCUT2D eigenvalue weighted by Crippen LogP contribution is 1.76. The first-order valence-corrected chi connectivity index (χ1v) is 3.91. The van der Waals surface area contributed by atoms with Crippen molar-refractivity contribution >= 4 is 45.5 Å². The molecular formula is C2H5I2N. The zero-order valence-electron chi connectivity index (χ0n) is 2.67. The maximum absolute atomic E-state index is 2.98. The number of hydrogen-bond acceptors (Lipinski definition) is 1. The first-order valence-electron chi connectivity index (χ1n) is 1.31. The zero-order valence-corrected chi connectivity index (χ0v) is 6.99.